The fourth-order valence-electron chi connectivity index (χ4n) is 2.95. The fraction of sp³-hybridized carbons (Fsp3) is 0.250. The molecule has 3 aromatic rings. The van der Waals surface area contributed by atoms with Gasteiger partial charge in [0, 0.05) is 24.4 Å². The van der Waals surface area contributed by atoms with Crippen molar-refractivity contribution in [3.8, 4) is 0 Å². The second kappa shape index (κ2) is 7.32. The van der Waals surface area contributed by atoms with E-state index in [2.05, 4.69) is 32.7 Å². The zero-order chi connectivity index (χ0) is 16.9. The van der Waals surface area contributed by atoms with Gasteiger partial charge < -0.3 is 14.6 Å². The Labute approximate surface area is 142 Å². The molecule has 0 bridgehead atoms. The Balaban J connectivity index is 1.77. The lowest BCUT2D eigenvalue weighted by Gasteiger charge is -2.27. The number of rotatable bonds is 5. The van der Waals surface area contributed by atoms with Crippen LogP contribution in [-0.4, -0.2) is 35.2 Å². The SMILES string of the molecule is CN=C(C)N(CC(O)Cn1ccc2ccccc21)c1ccccc1. The van der Waals surface area contributed by atoms with Gasteiger partial charge in [-0.05, 0) is 36.6 Å². The highest BCUT2D eigenvalue weighted by atomic mass is 16.3. The van der Waals surface area contributed by atoms with Crippen LogP contribution < -0.4 is 4.90 Å². The molecule has 3 rings (SSSR count). The Morgan fingerprint density at radius 2 is 1.79 bits per heavy atom. The fourth-order valence-corrected chi connectivity index (χ4v) is 2.95. The summed E-state index contributed by atoms with van der Waals surface area (Å²) in [6, 6.07) is 20.3. The van der Waals surface area contributed by atoms with Crippen LogP contribution in [0.2, 0.25) is 0 Å². The standard InChI is InChI=1S/C20H23N3O/c1-16(21-2)23(18-9-4-3-5-10-18)15-19(24)14-22-13-12-17-8-6-7-11-20(17)22/h3-13,19,24H,14-15H2,1-2H3. The van der Waals surface area contributed by atoms with Crippen molar-refractivity contribution in [3.05, 3.63) is 66.9 Å². The molecule has 0 spiro atoms. The maximum atomic E-state index is 10.6. The summed E-state index contributed by atoms with van der Waals surface area (Å²) in [5.74, 6) is 0.887. The average Bonchev–Trinajstić information content (AvgIpc) is 3.03. The molecule has 0 amide bonds. The van der Waals surface area contributed by atoms with Crippen molar-refractivity contribution < 1.29 is 5.11 Å². The van der Waals surface area contributed by atoms with Gasteiger partial charge >= 0.3 is 0 Å². The Kier molecular flexibility index (Phi) is 4.96. The monoisotopic (exact) mass is 321 g/mol. The van der Waals surface area contributed by atoms with Gasteiger partial charge in [-0.3, -0.25) is 4.99 Å². The zero-order valence-electron chi connectivity index (χ0n) is 14.1. The summed E-state index contributed by atoms with van der Waals surface area (Å²) in [6.07, 6.45) is 1.53. The van der Waals surface area contributed by atoms with Gasteiger partial charge in [-0.2, -0.15) is 0 Å². The Morgan fingerprint density at radius 3 is 2.54 bits per heavy atom. The molecule has 0 aliphatic rings. The van der Waals surface area contributed by atoms with Crippen LogP contribution in [0.5, 0.6) is 0 Å². The van der Waals surface area contributed by atoms with Gasteiger partial charge in [-0.25, -0.2) is 0 Å². The van der Waals surface area contributed by atoms with E-state index < -0.39 is 6.10 Å². The van der Waals surface area contributed by atoms with Gasteiger partial charge in [0.15, 0.2) is 0 Å². The van der Waals surface area contributed by atoms with E-state index in [1.54, 1.807) is 7.05 Å². The van der Waals surface area contributed by atoms with Crippen molar-refractivity contribution in [2.75, 3.05) is 18.5 Å². The summed E-state index contributed by atoms with van der Waals surface area (Å²) in [5, 5.41) is 11.8. The van der Waals surface area contributed by atoms with Crippen LogP contribution in [0.3, 0.4) is 0 Å². The average molecular weight is 321 g/mol. The van der Waals surface area contributed by atoms with E-state index in [1.165, 1.54) is 5.39 Å². The lowest BCUT2D eigenvalue weighted by Crippen LogP contribution is -2.38. The van der Waals surface area contributed by atoms with Crippen molar-refractivity contribution in [3.63, 3.8) is 0 Å². The maximum Gasteiger partial charge on any atom is 0.0999 e. The van der Waals surface area contributed by atoms with Crippen molar-refractivity contribution in [2.45, 2.75) is 19.6 Å². The van der Waals surface area contributed by atoms with E-state index in [0.29, 0.717) is 13.1 Å². The van der Waals surface area contributed by atoms with Crippen LogP contribution in [0, 0.1) is 0 Å². The van der Waals surface area contributed by atoms with E-state index in [0.717, 1.165) is 17.0 Å². The second-order valence-electron chi connectivity index (χ2n) is 5.90. The summed E-state index contributed by atoms with van der Waals surface area (Å²) < 4.78 is 2.10. The first-order chi connectivity index (χ1) is 11.7. The molecular weight excluding hydrogens is 298 g/mol. The first-order valence-corrected chi connectivity index (χ1v) is 8.17. The van der Waals surface area contributed by atoms with Gasteiger partial charge in [0.2, 0.25) is 0 Å². The largest absolute Gasteiger partial charge is 0.389 e. The van der Waals surface area contributed by atoms with E-state index in [1.807, 2.05) is 55.6 Å². The highest BCUT2D eigenvalue weighted by molar-refractivity contribution is 5.95. The minimum atomic E-state index is -0.502. The second-order valence-corrected chi connectivity index (χ2v) is 5.90. The lowest BCUT2D eigenvalue weighted by atomic mass is 10.2. The van der Waals surface area contributed by atoms with Gasteiger partial charge in [-0.15, -0.1) is 0 Å². The number of para-hydroxylation sites is 2. The summed E-state index contributed by atoms with van der Waals surface area (Å²) in [6.45, 7) is 3.01. The quantitative estimate of drug-likeness (QED) is 0.576. The number of anilines is 1. The molecule has 0 saturated carbocycles. The number of nitrogens with zero attached hydrogens (tertiary/aromatic N) is 3. The number of hydrogen-bond acceptors (Lipinski definition) is 2. The van der Waals surface area contributed by atoms with Crippen LogP contribution in [0.4, 0.5) is 5.69 Å². The highest BCUT2D eigenvalue weighted by Gasteiger charge is 2.15. The van der Waals surface area contributed by atoms with Gasteiger partial charge in [0.1, 0.15) is 0 Å². The summed E-state index contributed by atoms with van der Waals surface area (Å²) in [4.78, 5) is 6.34. The van der Waals surface area contributed by atoms with Crippen molar-refractivity contribution in [2.24, 2.45) is 4.99 Å². The molecule has 1 N–H and O–H groups in total. The van der Waals surface area contributed by atoms with E-state index in [4.69, 9.17) is 0 Å². The molecule has 124 valence electrons. The molecule has 24 heavy (non-hydrogen) atoms. The van der Waals surface area contributed by atoms with Crippen LogP contribution >= 0.6 is 0 Å². The third kappa shape index (κ3) is 3.49. The molecule has 2 aromatic carbocycles. The van der Waals surface area contributed by atoms with Crippen LogP contribution in [0.15, 0.2) is 71.9 Å². The number of amidine groups is 1. The predicted molar refractivity (Wildman–Crippen MR) is 101 cm³/mol. The maximum absolute atomic E-state index is 10.6. The summed E-state index contributed by atoms with van der Waals surface area (Å²) in [5.41, 5.74) is 2.18. The van der Waals surface area contributed by atoms with Crippen molar-refractivity contribution in [1.82, 2.24) is 4.57 Å². The molecule has 1 unspecified atom stereocenters. The molecule has 1 heterocycles. The summed E-state index contributed by atoms with van der Waals surface area (Å²) in [7, 11) is 1.77. The normalized spacial score (nSPS) is 13.2. The Morgan fingerprint density at radius 1 is 1.08 bits per heavy atom. The molecule has 4 heteroatoms. The van der Waals surface area contributed by atoms with Crippen molar-refractivity contribution in [1.29, 1.82) is 0 Å². The minimum Gasteiger partial charge on any atom is -0.389 e. The van der Waals surface area contributed by atoms with Gasteiger partial charge in [0.25, 0.3) is 0 Å². The molecule has 4 nitrogen and oxygen atoms in total. The molecule has 1 atom stereocenters. The highest BCUT2D eigenvalue weighted by Crippen LogP contribution is 2.18. The third-order valence-electron chi connectivity index (χ3n) is 4.26. The number of aliphatic imine (C=N–C) groups is 1. The zero-order valence-corrected chi connectivity index (χ0v) is 14.1. The minimum absolute atomic E-state index is 0.500. The number of aliphatic hydroxyl groups is 1. The number of benzene rings is 2. The van der Waals surface area contributed by atoms with Gasteiger partial charge in [0.05, 0.1) is 25.0 Å². The summed E-state index contributed by atoms with van der Waals surface area (Å²) >= 11 is 0. The molecular formula is C20H23N3O. The first-order valence-electron chi connectivity index (χ1n) is 8.17. The Bertz CT molecular complexity index is 823. The van der Waals surface area contributed by atoms with Crippen LogP contribution in [0.1, 0.15) is 6.92 Å². The molecule has 0 aliphatic heterocycles. The van der Waals surface area contributed by atoms with E-state index in [9.17, 15) is 5.11 Å². The number of hydrogen-bond donors (Lipinski definition) is 1. The van der Waals surface area contributed by atoms with E-state index >= 15 is 0 Å². The molecule has 0 aliphatic carbocycles. The van der Waals surface area contributed by atoms with Crippen LogP contribution in [0.25, 0.3) is 10.9 Å². The van der Waals surface area contributed by atoms with Crippen molar-refractivity contribution >= 4 is 22.4 Å². The molecule has 1 aromatic heterocycles. The molecule has 0 saturated heterocycles. The number of aromatic nitrogens is 1. The van der Waals surface area contributed by atoms with Crippen LogP contribution in [-0.2, 0) is 6.54 Å². The molecule has 0 fully saturated rings. The van der Waals surface area contributed by atoms with E-state index in [-0.39, 0.29) is 0 Å². The molecule has 0 radical (unpaired) electrons. The van der Waals surface area contributed by atoms with Gasteiger partial charge in [-0.1, -0.05) is 36.4 Å². The third-order valence-corrected chi connectivity index (χ3v) is 4.26. The smallest absolute Gasteiger partial charge is 0.0999 e. The topological polar surface area (TPSA) is 40.8 Å². The lowest BCUT2D eigenvalue weighted by molar-refractivity contribution is 0.164. The predicted octanol–water partition coefficient (Wildman–Crippen LogP) is 3.56. The first kappa shape index (κ1) is 16.3. The number of fused-ring (bicyclic) bond motifs is 1. The Hall–Kier alpha value is -2.59. The number of aliphatic hydroxyl groups excluding tert-OH is 1.